The van der Waals surface area contributed by atoms with E-state index in [1.807, 2.05) is 0 Å². The molecule has 6 atom stereocenters. The van der Waals surface area contributed by atoms with Gasteiger partial charge in [-0.3, -0.25) is 4.79 Å². The highest BCUT2D eigenvalue weighted by Crippen LogP contribution is 2.22. The fourth-order valence-electron chi connectivity index (χ4n) is 5.16. The molecule has 0 bridgehead atoms. The maximum absolute atomic E-state index is 11.9. The standard InChI is InChI=1S/C38H66O9/c1-3-5-6-7-8-9-10-11-12-13-14-15-16-17-18-19-20-21-22-23-24-25-26-27-28-44-30-32(46-34(40)4-2)31-45-38-37(43)36(42)35(41)33(29-39)47-38/h5-6,8-9,11-12,14-15,32-33,35-39,41-43H,3-4,7,10,13,16-31H2,1-2H3/b6-5-,9-8-,12-11-,15-14-. The molecular formula is C38H66O9. The van der Waals surface area contributed by atoms with Crippen molar-refractivity contribution in [2.75, 3.05) is 26.4 Å². The van der Waals surface area contributed by atoms with Crippen LogP contribution < -0.4 is 0 Å². The van der Waals surface area contributed by atoms with Crippen LogP contribution in [-0.4, -0.2) is 89.6 Å². The largest absolute Gasteiger partial charge is 0.457 e. The van der Waals surface area contributed by atoms with Crippen LogP contribution in [0.5, 0.6) is 0 Å². The van der Waals surface area contributed by atoms with E-state index in [2.05, 4.69) is 55.5 Å². The number of aliphatic hydroxyl groups excluding tert-OH is 4. The minimum Gasteiger partial charge on any atom is -0.457 e. The minimum absolute atomic E-state index is 0.125. The molecule has 4 N–H and O–H groups in total. The monoisotopic (exact) mass is 666 g/mol. The summed E-state index contributed by atoms with van der Waals surface area (Å²) in [5.41, 5.74) is 0. The van der Waals surface area contributed by atoms with Gasteiger partial charge < -0.3 is 39.4 Å². The normalized spacial score (nSPS) is 22.7. The first-order valence-electron chi connectivity index (χ1n) is 18.2. The third-order valence-electron chi connectivity index (χ3n) is 8.06. The van der Waals surface area contributed by atoms with Crippen molar-refractivity contribution >= 4 is 5.97 Å². The summed E-state index contributed by atoms with van der Waals surface area (Å²) in [4.78, 5) is 11.9. The van der Waals surface area contributed by atoms with Gasteiger partial charge in [0.25, 0.3) is 0 Å². The first-order valence-corrected chi connectivity index (χ1v) is 18.2. The zero-order valence-electron chi connectivity index (χ0n) is 29.3. The van der Waals surface area contributed by atoms with E-state index in [1.165, 1.54) is 64.2 Å². The summed E-state index contributed by atoms with van der Waals surface area (Å²) in [7, 11) is 0. The van der Waals surface area contributed by atoms with Gasteiger partial charge in [0.05, 0.1) is 19.8 Å². The number of carbonyl (C=O) groups excluding carboxylic acids is 1. The predicted octanol–water partition coefficient (Wildman–Crippen LogP) is 6.63. The minimum atomic E-state index is -1.53. The van der Waals surface area contributed by atoms with Crippen molar-refractivity contribution in [3.63, 3.8) is 0 Å². The van der Waals surface area contributed by atoms with Crippen molar-refractivity contribution in [2.24, 2.45) is 0 Å². The Morgan fingerprint density at radius 1 is 0.681 bits per heavy atom. The molecule has 0 aromatic carbocycles. The van der Waals surface area contributed by atoms with Gasteiger partial charge in [0.1, 0.15) is 30.5 Å². The van der Waals surface area contributed by atoms with Crippen molar-refractivity contribution in [1.29, 1.82) is 0 Å². The lowest BCUT2D eigenvalue weighted by atomic mass is 9.99. The fourth-order valence-corrected chi connectivity index (χ4v) is 5.16. The molecule has 1 rings (SSSR count). The van der Waals surface area contributed by atoms with E-state index in [9.17, 15) is 25.2 Å². The molecule has 0 aromatic heterocycles. The molecule has 1 aliphatic rings. The zero-order chi connectivity index (χ0) is 34.4. The van der Waals surface area contributed by atoms with Gasteiger partial charge in [-0.25, -0.2) is 0 Å². The Morgan fingerprint density at radius 2 is 1.21 bits per heavy atom. The molecule has 0 amide bonds. The molecule has 0 saturated carbocycles. The highest BCUT2D eigenvalue weighted by molar-refractivity contribution is 5.69. The van der Waals surface area contributed by atoms with Gasteiger partial charge in [0, 0.05) is 13.0 Å². The molecule has 1 heterocycles. The lowest BCUT2D eigenvalue weighted by molar-refractivity contribution is -0.305. The summed E-state index contributed by atoms with van der Waals surface area (Å²) in [6, 6.07) is 0. The highest BCUT2D eigenvalue weighted by Gasteiger charge is 2.44. The van der Waals surface area contributed by atoms with Gasteiger partial charge >= 0.3 is 5.97 Å². The van der Waals surface area contributed by atoms with Crippen LogP contribution >= 0.6 is 0 Å². The van der Waals surface area contributed by atoms with Gasteiger partial charge in [0.15, 0.2) is 6.29 Å². The molecule has 1 saturated heterocycles. The van der Waals surface area contributed by atoms with E-state index in [1.54, 1.807) is 6.92 Å². The van der Waals surface area contributed by atoms with Crippen molar-refractivity contribution in [2.45, 2.75) is 160 Å². The molecule has 6 unspecified atom stereocenters. The van der Waals surface area contributed by atoms with Crippen LogP contribution in [0.15, 0.2) is 48.6 Å². The average Bonchev–Trinajstić information content (AvgIpc) is 3.08. The maximum Gasteiger partial charge on any atom is 0.305 e. The van der Waals surface area contributed by atoms with E-state index in [0.29, 0.717) is 6.61 Å². The summed E-state index contributed by atoms with van der Waals surface area (Å²) in [5, 5.41) is 39.3. The first-order chi connectivity index (χ1) is 22.9. The van der Waals surface area contributed by atoms with Crippen LogP contribution in [0.3, 0.4) is 0 Å². The van der Waals surface area contributed by atoms with Gasteiger partial charge in [-0.05, 0) is 44.9 Å². The van der Waals surface area contributed by atoms with Gasteiger partial charge in [0.2, 0.25) is 0 Å². The predicted molar refractivity (Wildman–Crippen MR) is 187 cm³/mol. The Kier molecular flexibility index (Phi) is 27.8. The Labute approximate surface area is 284 Å². The van der Waals surface area contributed by atoms with Crippen LogP contribution in [0.25, 0.3) is 0 Å². The second kappa shape index (κ2) is 30.2. The second-order valence-corrected chi connectivity index (χ2v) is 12.2. The van der Waals surface area contributed by atoms with Gasteiger partial charge in [-0.1, -0.05) is 120 Å². The SMILES string of the molecule is CC/C=C\C/C=C\C/C=C\C/C=C\CCCCCCCCCCCCCOCC(COC1OC(CO)C(O)C(O)C1O)OC(=O)CC. The van der Waals surface area contributed by atoms with E-state index >= 15 is 0 Å². The highest BCUT2D eigenvalue weighted by atomic mass is 16.7. The number of rotatable bonds is 29. The van der Waals surface area contributed by atoms with E-state index in [4.69, 9.17) is 18.9 Å². The Bertz CT molecular complexity index is 854. The lowest BCUT2D eigenvalue weighted by Crippen LogP contribution is -2.59. The van der Waals surface area contributed by atoms with Crippen molar-refractivity contribution < 1.29 is 44.2 Å². The summed E-state index contributed by atoms with van der Waals surface area (Å²) in [6.45, 7) is 3.85. The summed E-state index contributed by atoms with van der Waals surface area (Å²) in [5.74, 6) is -0.405. The molecular weight excluding hydrogens is 600 g/mol. The number of allylic oxidation sites excluding steroid dienone is 8. The third kappa shape index (κ3) is 22.4. The number of aliphatic hydroxyl groups is 4. The first kappa shape index (κ1) is 43.2. The number of esters is 1. The van der Waals surface area contributed by atoms with E-state index in [-0.39, 0.29) is 19.6 Å². The maximum atomic E-state index is 11.9. The number of carbonyl (C=O) groups is 1. The zero-order valence-corrected chi connectivity index (χ0v) is 29.3. The Hall–Kier alpha value is -1.85. The second-order valence-electron chi connectivity index (χ2n) is 12.2. The molecule has 1 aliphatic heterocycles. The van der Waals surface area contributed by atoms with Crippen LogP contribution in [-0.2, 0) is 23.7 Å². The van der Waals surface area contributed by atoms with Crippen molar-refractivity contribution in [1.82, 2.24) is 0 Å². The lowest BCUT2D eigenvalue weighted by Gasteiger charge is -2.39. The van der Waals surface area contributed by atoms with E-state index < -0.39 is 49.4 Å². The molecule has 0 aromatic rings. The van der Waals surface area contributed by atoms with E-state index in [0.717, 1.165) is 38.5 Å². The average molecular weight is 667 g/mol. The number of unbranched alkanes of at least 4 members (excludes halogenated alkanes) is 11. The number of hydrogen-bond acceptors (Lipinski definition) is 9. The van der Waals surface area contributed by atoms with Crippen LogP contribution in [0.4, 0.5) is 0 Å². The van der Waals surface area contributed by atoms with Crippen molar-refractivity contribution in [3.05, 3.63) is 48.6 Å². The van der Waals surface area contributed by atoms with Gasteiger partial charge in [-0.15, -0.1) is 0 Å². The molecule has 0 radical (unpaired) electrons. The van der Waals surface area contributed by atoms with Crippen LogP contribution in [0.2, 0.25) is 0 Å². The van der Waals surface area contributed by atoms with Crippen LogP contribution in [0, 0.1) is 0 Å². The molecule has 272 valence electrons. The Balaban J connectivity index is 2.00. The number of ether oxygens (including phenoxy) is 4. The topological polar surface area (TPSA) is 135 Å². The summed E-state index contributed by atoms with van der Waals surface area (Å²) < 4.78 is 22.0. The van der Waals surface area contributed by atoms with Crippen molar-refractivity contribution in [3.8, 4) is 0 Å². The smallest absolute Gasteiger partial charge is 0.305 e. The third-order valence-corrected chi connectivity index (χ3v) is 8.06. The molecule has 47 heavy (non-hydrogen) atoms. The molecule has 1 fully saturated rings. The molecule has 9 nitrogen and oxygen atoms in total. The number of hydrogen-bond donors (Lipinski definition) is 4. The van der Waals surface area contributed by atoms with Crippen LogP contribution in [0.1, 0.15) is 123 Å². The quantitative estimate of drug-likeness (QED) is 0.0394. The van der Waals surface area contributed by atoms with Gasteiger partial charge in [-0.2, -0.15) is 0 Å². The fraction of sp³-hybridized carbons (Fsp3) is 0.763. The molecule has 9 heteroatoms. The molecule has 0 aliphatic carbocycles. The Morgan fingerprint density at radius 3 is 1.77 bits per heavy atom. The summed E-state index contributed by atoms with van der Waals surface area (Å²) in [6.07, 6.45) is 29.5. The molecule has 0 spiro atoms. The summed E-state index contributed by atoms with van der Waals surface area (Å²) >= 11 is 0.